The van der Waals surface area contributed by atoms with Crippen LogP contribution in [0.4, 0.5) is 8.78 Å². The van der Waals surface area contributed by atoms with Crippen LogP contribution in [-0.4, -0.2) is 30.0 Å². The monoisotopic (exact) mass is 308 g/mol. The number of carbonyl (C=O) groups excluding carboxylic acids is 1. The Balaban J connectivity index is 2.86. The van der Waals surface area contributed by atoms with Crippen LogP contribution < -0.4 is 4.74 Å². The number of benzene rings is 1. The number of halogens is 2. The van der Waals surface area contributed by atoms with Gasteiger partial charge in [-0.05, 0) is 26.0 Å². The number of ether oxygens (including phenoxy) is 1. The van der Waals surface area contributed by atoms with Crippen molar-refractivity contribution >= 4 is 12.0 Å². The highest BCUT2D eigenvalue weighted by Gasteiger charge is 2.14. The minimum absolute atomic E-state index is 0.00896. The number of alkyl halides is 2. The molecule has 0 aliphatic carbocycles. The number of hydrogen-bond donors (Lipinski definition) is 0. The summed E-state index contributed by atoms with van der Waals surface area (Å²) in [5.41, 5.74) is 0.389. The molecule has 0 saturated carbocycles. The molecule has 0 saturated heterocycles. The average molecular weight is 308 g/mol. The van der Waals surface area contributed by atoms with E-state index in [4.69, 9.17) is 5.26 Å². The first-order valence-electron chi connectivity index (χ1n) is 6.85. The largest absolute Gasteiger partial charge is 0.434 e. The Bertz CT molecular complexity index is 566. The molecule has 0 heterocycles. The maximum absolute atomic E-state index is 12.3. The number of nitrogens with zero attached hydrogens (tertiary/aromatic N) is 2. The van der Waals surface area contributed by atoms with Crippen LogP contribution in [0.3, 0.4) is 0 Å². The van der Waals surface area contributed by atoms with Gasteiger partial charge < -0.3 is 9.64 Å². The Labute approximate surface area is 128 Å². The van der Waals surface area contributed by atoms with Crippen LogP contribution in [0.1, 0.15) is 25.8 Å². The molecule has 6 heteroatoms. The zero-order valence-electron chi connectivity index (χ0n) is 12.5. The molecule has 0 aromatic heterocycles. The molecule has 0 radical (unpaired) electrons. The summed E-state index contributed by atoms with van der Waals surface area (Å²) in [6, 6.07) is 8.16. The van der Waals surface area contributed by atoms with E-state index in [0.29, 0.717) is 12.1 Å². The molecule has 0 fully saturated rings. The summed E-state index contributed by atoms with van der Waals surface area (Å²) in [4.78, 5) is 13.7. The lowest BCUT2D eigenvalue weighted by Gasteiger charge is -2.24. The van der Waals surface area contributed by atoms with E-state index in [9.17, 15) is 13.6 Å². The van der Waals surface area contributed by atoms with Gasteiger partial charge in [-0.2, -0.15) is 14.0 Å². The molecule has 1 aromatic rings. The van der Waals surface area contributed by atoms with E-state index in [2.05, 4.69) is 4.74 Å². The lowest BCUT2D eigenvalue weighted by atomic mass is 10.2. The third-order valence-electron chi connectivity index (χ3n) is 2.91. The first-order valence-corrected chi connectivity index (χ1v) is 6.85. The number of nitriles is 1. The fourth-order valence-electron chi connectivity index (χ4n) is 1.87. The second kappa shape index (κ2) is 8.78. The summed E-state index contributed by atoms with van der Waals surface area (Å²) in [5, 5.41) is 8.61. The van der Waals surface area contributed by atoms with Gasteiger partial charge in [-0.15, -0.1) is 0 Å². The van der Waals surface area contributed by atoms with Gasteiger partial charge in [-0.3, -0.25) is 4.79 Å². The molecule has 0 bridgehead atoms. The van der Waals surface area contributed by atoms with Crippen LogP contribution in [0.2, 0.25) is 0 Å². The zero-order chi connectivity index (χ0) is 16.5. The Morgan fingerprint density at radius 3 is 2.68 bits per heavy atom. The normalized spacial score (nSPS) is 11.0. The molecule has 0 atom stereocenters. The van der Waals surface area contributed by atoms with Gasteiger partial charge in [0.1, 0.15) is 5.75 Å². The lowest BCUT2D eigenvalue weighted by molar-refractivity contribution is -0.127. The predicted octanol–water partition coefficient (Wildman–Crippen LogP) is 3.45. The molecular formula is C16H18F2N2O2. The molecule has 0 aliphatic rings. The van der Waals surface area contributed by atoms with E-state index >= 15 is 0 Å². The van der Waals surface area contributed by atoms with E-state index in [-0.39, 0.29) is 24.1 Å². The molecule has 1 amide bonds. The van der Waals surface area contributed by atoms with Crippen LogP contribution in [0.25, 0.3) is 6.08 Å². The van der Waals surface area contributed by atoms with E-state index in [0.717, 1.165) is 0 Å². The molecule has 0 spiro atoms. The molecule has 0 aliphatic heterocycles. The van der Waals surface area contributed by atoms with Crippen LogP contribution in [0.15, 0.2) is 30.3 Å². The molecule has 0 N–H and O–H groups in total. The summed E-state index contributed by atoms with van der Waals surface area (Å²) in [7, 11) is 0. The van der Waals surface area contributed by atoms with Gasteiger partial charge in [0, 0.05) is 24.2 Å². The summed E-state index contributed by atoms with van der Waals surface area (Å²) in [5.74, 6) is -0.272. The quantitative estimate of drug-likeness (QED) is 0.725. The first-order chi connectivity index (χ1) is 10.5. The van der Waals surface area contributed by atoms with Crippen molar-refractivity contribution in [2.75, 3.05) is 6.54 Å². The minimum Gasteiger partial charge on any atom is -0.434 e. The highest BCUT2D eigenvalue weighted by Crippen LogP contribution is 2.21. The Morgan fingerprint density at radius 2 is 2.09 bits per heavy atom. The van der Waals surface area contributed by atoms with Gasteiger partial charge in [0.25, 0.3) is 0 Å². The fourth-order valence-corrected chi connectivity index (χ4v) is 1.87. The minimum atomic E-state index is -2.92. The van der Waals surface area contributed by atoms with E-state index < -0.39 is 6.61 Å². The van der Waals surface area contributed by atoms with E-state index in [1.54, 1.807) is 18.2 Å². The second-order valence-corrected chi connectivity index (χ2v) is 4.78. The standard InChI is InChI=1S/C16H18F2N2O2/c1-12(2)20(11-5-10-19)15(21)9-8-13-6-3-4-7-14(13)22-16(17)18/h3-4,6-9,12,16H,5,11H2,1-2H3/b9-8+. The molecule has 0 unspecified atom stereocenters. The van der Waals surface area contributed by atoms with Crippen molar-refractivity contribution < 1.29 is 18.3 Å². The maximum atomic E-state index is 12.3. The van der Waals surface area contributed by atoms with E-state index in [1.807, 2.05) is 19.9 Å². The van der Waals surface area contributed by atoms with Gasteiger partial charge in [-0.1, -0.05) is 18.2 Å². The maximum Gasteiger partial charge on any atom is 0.387 e. The smallest absolute Gasteiger partial charge is 0.387 e. The molecule has 4 nitrogen and oxygen atoms in total. The van der Waals surface area contributed by atoms with Gasteiger partial charge in [-0.25, -0.2) is 0 Å². The Morgan fingerprint density at radius 1 is 1.41 bits per heavy atom. The predicted molar refractivity (Wildman–Crippen MR) is 79.2 cm³/mol. The summed E-state index contributed by atoms with van der Waals surface area (Å²) in [6.07, 6.45) is 2.97. The Kier molecular flexibility index (Phi) is 7.03. The van der Waals surface area contributed by atoms with E-state index in [1.165, 1.54) is 23.1 Å². The van der Waals surface area contributed by atoms with Crippen molar-refractivity contribution in [2.45, 2.75) is 32.9 Å². The molecule has 1 aromatic carbocycles. The number of amides is 1. The highest BCUT2D eigenvalue weighted by atomic mass is 19.3. The molecule has 22 heavy (non-hydrogen) atoms. The van der Waals surface area contributed by atoms with Crippen LogP contribution in [0, 0.1) is 11.3 Å². The lowest BCUT2D eigenvalue weighted by Crippen LogP contribution is -2.36. The Hall–Kier alpha value is -2.42. The van der Waals surface area contributed by atoms with Crippen LogP contribution in [-0.2, 0) is 4.79 Å². The third kappa shape index (κ3) is 5.52. The molecule has 118 valence electrons. The van der Waals surface area contributed by atoms with Crippen molar-refractivity contribution in [3.05, 3.63) is 35.9 Å². The topological polar surface area (TPSA) is 53.3 Å². The molecule has 1 rings (SSSR count). The highest BCUT2D eigenvalue weighted by molar-refractivity contribution is 5.92. The van der Waals surface area contributed by atoms with Gasteiger partial charge in [0.15, 0.2) is 0 Å². The second-order valence-electron chi connectivity index (χ2n) is 4.78. The van der Waals surface area contributed by atoms with Crippen LogP contribution >= 0.6 is 0 Å². The number of para-hydroxylation sites is 1. The van der Waals surface area contributed by atoms with Crippen molar-refractivity contribution in [3.8, 4) is 11.8 Å². The van der Waals surface area contributed by atoms with Gasteiger partial charge in [0.2, 0.25) is 5.91 Å². The first kappa shape index (κ1) is 17.6. The van der Waals surface area contributed by atoms with Crippen molar-refractivity contribution in [2.24, 2.45) is 0 Å². The van der Waals surface area contributed by atoms with Crippen molar-refractivity contribution in [3.63, 3.8) is 0 Å². The van der Waals surface area contributed by atoms with Crippen molar-refractivity contribution in [1.29, 1.82) is 5.26 Å². The summed E-state index contributed by atoms with van der Waals surface area (Å²) in [6.45, 7) is 1.09. The third-order valence-corrected chi connectivity index (χ3v) is 2.91. The number of hydrogen-bond acceptors (Lipinski definition) is 3. The summed E-state index contributed by atoms with van der Waals surface area (Å²) < 4.78 is 29.0. The fraction of sp³-hybridized carbons (Fsp3) is 0.375. The number of rotatable bonds is 7. The van der Waals surface area contributed by atoms with Crippen molar-refractivity contribution in [1.82, 2.24) is 4.90 Å². The SMILES string of the molecule is CC(C)N(CCC#N)C(=O)/C=C/c1ccccc1OC(F)F. The van der Waals surface area contributed by atoms with Gasteiger partial charge >= 0.3 is 6.61 Å². The zero-order valence-corrected chi connectivity index (χ0v) is 12.5. The molecular weight excluding hydrogens is 290 g/mol. The van der Waals surface area contributed by atoms with Gasteiger partial charge in [0.05, 0.1) is 12.5 Å². The summed E-state index contributed by atoms with van der Waals surface area (Å²) >= 11 is 0. The van der Waals surface area contributed by atoms with Crippen LogP contribution in [0.5, 0.6) is 5.75 Å². The number of carbonyl (C=O) groups is 1. The average Bonchev–Trinajstić information content (AvgIpc) is 2.45.